The minimum absolute atomic E-state index is 0.0485. The van der Waals surface area contributed by atoms with Crippen molar-refractivity contribution < 1.29 is 22.8 Å². The second-order valence-electron chi connectivity index (χ2n) is 6.57. The van der Waals surface area contributed by atoms with Crippen LogP contribution in [0.4, 0.5) is 19.0 Å². The van der Waals surface area contributed by atoms with Gasteiger partial charge in [0.2, 0.25) is 11.8 Å². The Hall–Kier alpha value is -2.39. The zero-order valence-corrected chi connectivity index (χ0v) is 14.1. The summed E-state index contributed by atoms with van der Waals surface area (Å²) in [4.78, 5) is 32.6. The van der Waals surface area contributed by atoms with Crippen molar-refractivity contribution >= 4 is 17.6 Å². The number of nitrogens with zero attached hydrogens (tertiary/aromatic N) is 3. The van der Waals surface area contributed by atoms with Crippen LogP contribution in [0, 0.1) is 5.92 Å². The van der Waals surface area contributed by atoms with E-state index in [1.54, 1.807) is 4.90 Å². The van der Waals surface area contributed by atoms with Gasteiger partial charge in [0.1, 0.15) is 17.8 Å². The van der Waals surface area contributed by atoms with Gasteiger partial charge < -0.3 is 15.5 Å². The van der Waals surface area contributed by atoms with Gasteiger partial charge in [-0.15, -0.1) is 0 Å². The van der Waals surface area contributed by atoms with Gasteiger partial charge in [0.05, 0.1) is 0 Å². The number of alkyl halides is 3. The van der Waals surface area contributed by atoms with Gasteiger partial charge in [0, 0.05) is 44.1 Å². The van der Waals surface area contributed by atoms with E-state index in [9.17, 15) is 22.8 Å². The number of piperidine rings is 2. The summed E-state index contributed by atoms with van der Waals surface area (Å²) >= 11 is 0. The van der Waals surface area contributed by atoms with Crippen molar-refractivity contribution in [2.75, 3.05) is 24.5 Å². The average molecular weight is 371 g/mol. The summed E-state index contributed by atoms with van der Waals surface area (Å²) < 4.78 is 38.3. The third-order valence-corrected chi connectivity index (χ3v) is 4.73. The first-order valence-corrected chi connectivity index (χ1v) is 8.54. The highest BCUT2D eigenvalue weighted by Gasteiger charge is 2.34. The number of nitrogens with one attached hydrogen (secondary N) is 2. The lowest BCUT2D eigenvalue weighted by molar-refractivity contribution is -0.141. The van der Waals surface area contributed by atoms with Gasteiger partial charge in [-0.25, -0.2) is 9.97 Å². The molecule has 0 unspecified atom stereocenters. The van der Waals surface area contributed by atoms with Crippen molar-refractivity contribution in [1.82, 2.24) is 20.6 Å². The number of anilines is 1. The fourth-order valence-corrected chi connectivity index (χ4v) is 3.25. The lowest BCUT2D eigenvalue weighted by Gasteiger charge is -2.34. The molecule has 2 aliphatic heterocycles. The standard InChI is InChI=1S/C16H20F3N5O2/c17-16(18,19)12-8-13(22-9-21-12)24-5-2-11(3-6-24)23-15(26)10-1-4-20-14(25)7-10/h8-11H,1-7H2,(H,20,25)(H,23,26)/t10-/m0/s1. The number of carbonyl (C=O) groups is 2. The van der Waals surface area contributed by atoms with Crippen LogP contribution >= 0.6 is 0 Å². The Kier molecular flexibility index (Phi) is 5.28. The molecule has 0 aromatic carbocycles. The van der Waals surface area contributed by atoms with E-state index >= 15 is 0 Å². The zero-order valence-electron chi connectivity index (χ0n) is 14.1. The topological polar surface area (TPSA) is 87.2 Å². The summed E-state index contributed by atoms with van der Waals surface area (Å²) in [5.41, 5.74) is -0.964. The molecule has 1 atom stereocenters. The van der Waals surface area contributed by atoms with Crippen LogP contribution in [0.2, 0.25) is 0 Å². The Bertz CT molecular complexity index is 674. The Balaban J connectivity index is 1.53. The Morgan fingerprint density at radius 2 is 1.96 bits per heavy atom. The third-order valence-electron chi connectivity index (χ3n) is 4.73. The first-order valence-electron chi connectivity index (χ1n) is 8.54. The number of amides is 2. The van der Waals surface area contributed by atoms with E-state index in [0.29, 0.717) is 38.9 Å². The summed E-state index contributed by atoms with van der Waals surface area (Å²) in [5, 5.41) is 5.65. The highest BCUT2D eigenvalue weighted by atomic mass is 19.4. The van der Waals surface area contributed by atoms with E-state index in [0.717, 1.165) is 12.4 Å². The van der Waals surface area contributed by atoms with Crippen molar-refractivity contribution in [2.45, 2.75) is 37.9 Å². The summed E-state index contributed by atoms with van der Waals surface area (Å²) in [7, 11) is 0. The molecule has 0 aliphatic carbocycles. The molecule has 2 saturated heterocycles. The van der Waals surface area contributed by atoms with E-state index in [1.807, 2.05) is 0 Å². The van der Waals surface area contributed by atoms with Crippen LogP contribution in [0.1, 0.15) is 31.4 Å². The van der Waals surface area contributed by atoms with Crippen molar-refractivity contribution in [1.29, 1.82) is 0 Å². The highest BCUT2D eigenvalue weighted by molar-refractivity contribution is 5.87. The van der Waals surface area contributed by atoms with Gasteiger partial charge in [-0.3, -0.25) is 9.59 Å². The molecular weight excluding hydrogens is 351 g/mol. The normalized spacial score (nSPS) is 22.0. The second-order valence-corrected chi connectivity index (χ2v) is 6.57. The number of hydrogen-bond donors (Lipinski definition) is 2. The average Bonchev–Trinajstić information content (AvgIpc) is 2.62. The molecule has 3 heterocycles. The molecule has 10 heteroatoms. The predicted octanol–water partition coefficient (Wildman–Crippen LogP) is 1.11. The van der Waals surface area contributed by atoms with Gasteiger partial charge in [0.15, 0.2) is 0 Å². The smallest absolute Gasteiger partial charge is 0.356 e. The van der Waals surface area contributed by atoms with Crippen LogP contribution in [0.5, 0.6) is 0 Å². The zero-order chi connectivity index (χ0) is 18.7. The Morgan fingerprint density at radius 3 is 2.62 bits per heavy atom. The molecule has 7 nitrogen and oxygen atoms in total. The summed E-state index contributed by atoms with van der Waals surface area (Å²) in [5.74, 6) is -0.311. The number of hydrogen-bond acceptors (Lipinski definition) is 5. The number of halogens is 3. The Labute approximate surface area is 148 Å². The minimum atomic E-state index is -4.50. The van der Waals surface area contributed by atoms with Crippen LogP contribution in [0.25, 0.3) is 0 Å². The molecular formula is C16H20F3N5O2. The largest absolute Gasteiger partial charge is 0.433 e. The third kappa shape index (κ3) is 4.41. The number of carbonyl (C=O) groups excluding carboxylic acids is 2. The van der Waals surface area contributed by atoms with E-state index in [1.165, 1.54) is 0 Å². The fourth-order valence-electron chi connectivity index (χ4n) is 3.25. The van der Waals surface area contributed by atoms with Gasteiger partial charge in [-0.1, -0.05) is 0 Å². The van der Waals surface area contributed by atoms with Gasteiger partial charge in [-0.05, 0) is 19.3 Å². The van der Waals surface area contributed by atoms with Gasteiger partial charge in [-0.2, -0.15) is 13.2 Å². The maximum absolute atomic E-state index is 12.8. The molecule has 0 saturated carbocycles. The molecule has 3 rings (SSSR count). The van der Waals surface area contributed by atoms with E-state index < -0.39 is 11.9 Å². The SMILES string of the molecule is O=C1C[C@@H](C(=O)NC2CCN(c3cc(C(F)(F)F)ncn3)CC2)CCN1. The molecule has 1 aromatic rings. The van der Waals surface area contributed by atoms with Crippen LogP contribution in [-0.2, 0) is 15.8 Å². The summed E-state index contributed by atoms with van der Waals surface area (Å²) in [6, 6.07) is 0.896. The summed E-state index contributed by atoms with van der Waals surface area (Å²) in [6.07, 6.45) is -1.55. The predicted molar refractivity (Wildman–Crippen MR) is 86.1 cm³/mol. The van der Waals surface area contributed by atoms with Gasteiger partial charge in [0.25, 0.3) is 0 Å². The van der Waals surface area contributed by atoms with Crippen molar-refractivity contribution in [3.05, 3.63) is 18.1 Å². The van der Waals surface area contributed by atoms with Crippen molar-refractivity contribution in [2.24, 2.45) is 5.92 Å². The summed E-state index contributed by atoms with van der Waals surface area (Å²) in [6.45, 7) is 1.49. The lowest BCUT2D eigenvalue weighted by Crippen LogP contribution is -2.48. The first-order chi connectivity index (χ1) is 12.3. The fraction of sp³-hybridized carbons (Fsp3) is 0.625. The molecule has 2 amide bonds. The monoisotopic (exact) mass is 371 g/mol. The minimum Gasteiger partial charge on any atom is -0.356 e. The molecule has 1 aromatic heterocycles. The molecule has 142 valence electrons. The van der Waals surface area contributed by atoms with E-state index in [4.69, 9.17) is 0 Å². The first kappa shape index (κ1) is 18.4. The molecule has 2 fully saturated rings. The maximum atomic E-state index is 12.8. The second kappa shape index (κ2) is 7.46. The lowest BCUT2D eigenvalue weighted by atomic mass is 9.95. The van der Waals surface area contributed by atoms with Crippen molar-refractivity contribution in [3.8, 4) is 0 Å². The quantitative estimate of drug-likeness (QED) is 0.831. The molecule has 26 heavy (non-hydrogen) atoms. The van der Waals surface area contributed by atoms with Crippen molar-refractivity contribution in [3.63, 3.8) is 0 Å². The molecule has 2 aliphatic rings. The number of aromatic nitrogens is 2. The molecule has 0 spiro atoms. The molecule has 0 radical (unpaired) electrons. The van der Waals surface area contributed by atoms with E-state index in [-0.39, 0.29) is 36.0 Å². The Morgan fingerprint density at radius 1 is 1.23 bits per heavy atom. The highest BCUT2D eigenvalue weighted by Crippen LogP contribution is 2.29. The molecule has 2 N–H and O–H groups in total. The number of rotatable bonds is 3. The van der Waals surface area contributed by atoms with Crippen LogP contribution in [0.3, 0.4) is 0 Å². The molecule has 0 bridgehead atoms. The van der Waals surface area contributed by atoms with Crippen LogP contribution in [-0.4, -0.2) is 47.5 Å². The van der Waals surface area contributed by atoms with Crippen LogP contribution < -0.4 is 15.5 Å². The van der Waals surface area contributed by atoms with E-state index in [2.05, 4.69) is 20.6 Å². The maximum Gasteiger partial charge on any atom is 0.433 e. The van der Waals surface area contributed by atoms with Gasteiger partial charge >= 0.3 is 6.18 Å². The van der Waals surface area contributed by atoms with Crippen LogP contribution in [0.15, 0.2) is 12.4 Å².